The van der Waals surface area contributed by atoms with Crippen molar-refractivity contribution in [1.82, 2.24) is 14.8 Å². The Hall–Kier alpha value is -3.16. The molecule has 0 aliphatic heterocycles. The van der Waals surface area contributed by atoms with Gasteiger partial charge in [0.05, 0.1) is 5.69 Å². The summed E-state index contributed by atoms with van der Waals surface area (Å²) in [7, 11) is 0. The molecule has 6 nitrogen and oxygen atoms in total. The third-order valence-electron chi connectivity index (χ3n) is 4.70. The maximum atomic E-state index is 13.0. The predicted molar refractivity (Wildman–Crippen MR) is 120 cm³/mol. The normalized spacial score (nSPS) is 10.9. The molecule has 0 atom stereocenters. The number of carbonyl (C=O) groups is 1. The summed E-state index contributed by atoms with van der Waals surface area (Å²) in [4.78, 5) is 30.6. The second-order valence-electron chi connectivity index (χ2n) is 6.89. The van der Waals surface area contributed by atoms with Crippen LogP contribution in [0.4, 0.5) is 5.69 Å². The molecule has 2 aromatic carbocycles. The molecule has 0 unspecified atom stereocenters. The number of benzene rings is 2. The molecular formula is C22H19ClN4O2S. The molecule has 0 fully saturated rings. The standard InChI is InChI=1S/C22H19ClN4O2S/c1-13-18(12-15-8-10-16(23)11-9-15)21(29)27(26-13)22-24-14(2)19(30-22)20(28)25-17-6-4-3-5-7-17/h3-11,26H,12H2,1-2H3,(H,25,28). The summed E-state index contributed by atoms with van der Waals surface area (Å²) < 4.78 is 1.40. The highest BCUT2D eigenvalue weighted by atomic mass is 35.5. The number of halogens is 1. The van der Waals surface area contributed by atoms with Crippen LogP contribution in [-0.2, 0) is 6.42 Å². The zero-order valence-corrected chi connectivity index (χ0v) is 18.0. The van der Waals surface area contributed by atoms with Crippen molar-refractivity contribution < 1.29 is 4.79 Å². The summed E-state index contributed by atoms with van der Waals surface area (Å²) in [5.74, 6) is -0.250. The zero-order chi connectivity index (χ0) is 21.3. The number of hydrogen-bond donors (Lipinski definition) is 2. The Balaban J connectivity index is 1.62. The van der Waals surface area contributed by atoms with Crippen LogP contribution in [0, 0.1) is 13.8 Å². The summed E-state index contributed by atoms with van der Waals surface area (Å²) in [5, 5.41) is 7.03. The molecule has 0 aliphatic carbocycles. The van der Waals surface area contributed by atoms with E-state index in [-0.39, 0.29) is 11.5 Å². The van der Waals surface area contributed by atoms with Crippen LogP contribution in [0.2, 0.25) is 5.02 Å². The second-order valence-corrected chi connectivity index (χ2v) is 8.30. The Bertz CT molecular complexity index is 1260. The van der Waals surface area contributed by atoms with E-state index in [1.165, 1.54) is 16.0 Å². The van der Waals surface area contributed by atoms with Gasteiger partial charge >= 0.3 is 0 Å². The minimum Gasteiger partial charge on any atom is -0.321 e. The third kappa shape index (κ3) is 4.08. The number of nitrogens with zero attached hydrogens (tertiary/aromatic N) is 2. The molecule has 0 spiro atoms. The van der Waals surface area contributed by atoms with Crippen molar-refractivity contribution in [3.63, 3.8) is 0 Å². The molecule has 2 N–H and O–H groups in total. The van der Waals surface area contributed by atoms with Gasteiger partial charge in [-0.15, -0.1) is 0 Å². The van der Waals surface area contributed by atoms with E-state index in [4.69, 9.17) is 11.6 Å². The van der Waals surface area contributed by atoms with Crippen LogP contribution in [0.5, 0.6) is 0 Å². The number of H-pyrrole nitrogens is 1. The highest BCUT2D eigenvalue weighted by Gasteiger charge is 2.20. The van der Waals surface area contributed by atoms with E-state index in [1.54, 1.807) is 19.1 Å². The Kier molecular flexibility index (Phi) is 5.57. The van der Waals surface area contributed by atoms with Gasteiger partial charge in [0.1, 0.15) is 4.88 Å². The van der Waals surface area contributed by atoms with Crippen LogP contribution in [0.1, 0.15) is 32.2 Å². The Labute approximate surface area is 182 Å². The zero-order valence-electron chi connectivity index (χ0n) is 16.4. The Morgan fingerprint density at radius 1 is 1.13 bits per heavy atom. The number of rotatable bonds is 5. The average molecular weight is 439 g/mol. The summed E-state index contributed by atoms with van der Waals surface area (Å²) in [6, 6.07) is 16.6. The lowest BCUT2D eigenvalue weighted by molar-refractivity contribution is 0.103. The van der Waals surface area contributed by atoms with E-state index >= 15 is 0 Å². The fourth-order valence-corrected chi connectivity index (χ4v) is 4.18. The van der Waals surface area contributed by atoms with Gasteiger partial charge in [-0.05, 0) is 43.7 Å². The van der Waals surface area contributed by atoms with E-state index in [2.05, 4.69) is 15.4 Å². The molecule has 0 aliphatic rings. The maximum absolute atomic E-state index is 13.0. The van der Waals surface area contributed by atoms with Crippen molar-refractivity contribution in [3.05, 3.63) is 97.4 Å². The lowest BCUT2D eigenvalue weighted by Gasteiger charge is -2.02. The fourth-order valence-electron chi connectivity index (χ4n) is 3.13. The molecule has 2 heterocycles. The fraction of sp³-hybridized carbons (Fsp3) is 0.136. The summed E-state index contributed by atoms with van der Waals surface area (Å²) >= 11 is 7.12. The molecule has 152 valence electrons. The average Bonchev–Trinajstić information content (AvgIpc) is 3.25. The summed E-state index contributed by atoms with van der Waals surface area (Å²) in [5.41, 5.74) is 3.51. The topological polar surface area (TPSA) is 79.8 Å². The Morgan fingerprint density at radius 3 is 2.53 bits per heavy atom. The monoisotopic (exact) mass is 438 g/mol. The van der Waals surface area contributed by atoms with Crippen LogP contribution < -0.4 is 10.9 Å². The molecule has 2 aromatic heterocycles. The van der Waals surface area contributed by atoms with Crippen molar-refractivity contribution >= 4 is 34.5 Å². The summed E-state index contributed by atoms with van der Waals surface area (Å²) in [6.07, 6.45) is 0.483. The number of aromatic amines is 1. The van der Waals surface area contributed by atoms with Gasteiger partial charge in [0, 0.05) is 28.4 Å². The van der Waals surface area contributed by atoms with Gasteiger partial charge in [0.15, 0.2) is 0 Å². The lowest BCUT2D eigenvalue weighted by atomic mass is 10.1. The van der Waals surface area contributed by atoms with E-state index in [0.717, 1.165) is 11.3 Å². The van der Waals surface area contributed by atoms with Gasteiger partial charge in [0.2, 0.25) is 5.13 Å². The number of aromatic nitrogens is 3. The van der Waals surface area contributed by atoms with Gasteiger partial charge in [-0.2, -0.15) is 4.68 Å². The number of thiazole rings is 1. The molecule has 8 heteroatoms. The number of aryl methyl sites for hydroxylation is 2. The molecule has 0 saturated heterocycles. The van der Waals surface area contributed by atoms with E-state index in [9.17, 15) is 9.59 Å². The van der Waals surface area contributed by atoms with Gasteiger partial charge in [0.25, 0.3) is 11.5 Å². The van der Waals surface area contributed by atoms with E-state index in [0.29, 0.717) is 38.4 Å². The highest BCUT2D eigenvalue weighted by molar-refractivity contribution is 7.16. The van der Waals surface area contributed by atoms with Crippen molar-refractivity contribution in [3.8, 4) is 5.13 Å². The highest BCUT2D eigenvalue weighted by Crippen LogP contribution is 2.23. The van der Waals surface area contributed by atoms with Crippen molar-refractivity contribution in [2.45, 2.75) is 20.3 Å². The smallest absolute Gasteiger partial charge is 0.277 e. The third-order valence-corrected chi connectivity index (χ3v) is 6.10. The van der Waals surface area contributed by atoms with Crippen molar-refractivity contribution in [2.75, 3.05) is 5.32 Å². The van der Waals surface area contributed by atoms with Crippen LogP contribution in [0.25, 0.3) is 5.13 Å². The number of para-hydroxylation sites is 1. The number of hydrogen-bond acceptors (Lipinski definition) is 4. The van der Waals surface area contributed by atoms with Crippen molar-refractivity contribution in [1.29, 1.82) is 0 Å². The van der Waals surface area contributed by atoms with E-state index < -0.39 is 0 Å². The molecule has 4 aromatic rings. The summed E-state index contributed by atoms with van der Waals surface area (Å²) in [6.45, 7) is 3.61. The lowest BCUT2D eigenvalue weighted by Crippen LogP contribution is -2.17. The molecule has 1 amide bonds. The minimum atomic E-state index is -0.250. The van der Waals surface area contributed by atoms with Crippen LogP contribution in [0.15, 0.2) is 59.4 Å². The molecular weight excluding hydrogens is 420 g/mol. The van der Waals surface area contributed by atoms with Crippen molar-refractivity contribution in [2.24, 2.45) is 0 Å². The Morgan fingerprint density at radius 2 is 1.83 bits per heavy atom. The molecule has 30 heavy (non-hydrogen) atoms. The maximum Gasteiger partial charge on any atom is 0.277 e. The molecule has 0 saturated carbocycles. The number of anilines is 1. The van der Waals surface area contributed by atoms with Gasteiger partial charge < -0.3 is 5.32 Å². The minimum absolute atomic E-state index is 0.175. The molecule has 0 bridgehead atoms. The van der Waals surface area contributed by atoms with Gasteiger partial charge in [-0.3, -0.25) is 14.7 Å². The number of carbonyl (C=O) groups excluding carboxylic acids is 1. The van der Waals surface area contributed by atoms with Gasteiger partial charge in [-0.1, -0.05) is 53.3 Å². The molecule has 4 rings (SSSR count). The SMILES string of the molecule is Cc1nc(-n2[nH]c(C)c(Cc3ccc(Cl)cc3)c2=O)sc1C(=O)Nc1ccccc1. The number of nitrogens with one attached hydrogen (secondary N) is 2. The van der Waals surface area contributed by atoms with Gasteiger partial charge in [-0.25, -0.2) is 4.98 Å². The first-order valence-corrected chi connectivity index (χ1v) is 10.5. The first kappa shape index (κ1) is 20.1. The van der Waals surface area contributed by atoms with Crippen LogP contribution >= 0.6 is 22.9 Å². The first-order chi connectivity index (χ1) is 14.4. The van der Waals surface area contributed by atoms with Crippen LogP contribution in [0.3, 0.4) is 0 Å². The predicted octanol–water partition coefficient (Wildman–Crippen LogP) is 4.74. The largest absolute Gasteiger partial charge is 0.321 e. The van der Waals surface area contributed by atoms with Crippen LogP contribution in [-0.4, -0.2) is 20.7 Å². The number of amides is 1. The quantitative estimate of drug-likeness (QED) is 0.472. The second kappa shape index (κ2) is 8.30. The first-order valence-electron chi connectivity index (χ1n) is 9.31. The molecule has 0 radical (unpaired) electrons. The van der Waals surface area contributed by atoms with E-state index in [1.807, 2.05) is 49.4 Å².